The van der Waals surface area contributed by atoms with Crippen molar-refractivity contribution < 1.29 is 22.3 Å². The molecule has 0 saturated heterocycles. The van der Waals surface area contributed by atoms with Gasteiger partial charge in [-0.1, -0.05) is 64.0 Å². The van der Waals surface area contributed by atoms with Crippen molar-refractivity contribution in [1.82, 2.24) is 0 Å². The van der Waals surface area contributed by atoms with Gasteiger partial charge in [-0.15, -0.1) is 0 Å². The number of hydrogen-bond donors (Lipinski definition) is 0. The smallest absolute Gasteiger partial charge is 0.387 e. The van der Waals surface area contributed by atoms with Crippen molar-refractivity contribution in [3.63, 3.8) is 0 Å². The maximum absolute atomic E-state index is 14.9. The van der Waals surface area contributed by atoms with Gasteiger partial charge < -0.3 is 4.74 Å². The zero-order chi connectivity index (χ0) is 23.4. The Morgan fingerprint density at radius 1 is 0.909 bits per heavy atom. The minimum atomic E-state index is -3.15. The van der Waals surface area contributed by atoms with Crippen LogP contribution in [0.3, 0.4) is 0 Å². The number of unbranched alkanes of at least 4 members (excludes halogenated alkanes) is 4. The highest BCUT2D eigenvalue weighted by Crippen LogP contribution is 2.49. The molecule has 2 aliphatic carbocycles. The van der Waals surface area contributed by atoms with Crippen molar-refractivity contribution in [1.29, 1.82) is 0 Å². The van der Waals surface area contributed by atoms with E-state index in [4.69, 9.17) is 0 Å². The van der Waals surface area contributed by atoms with Gasteiger partial charge in [-0.2, -0.15) is 8.78 Å². The predicted octanol–water partition coefficient (Wildman–Crippen LogP) is 9.38. The first-order valence-corrected chi connectivity index (χ1v) is 12.8. The third-order valence-electron chi connectivity index (χ3n) is 8.12. The van der Waals surface area contributed by atoms with Gasteiger partial charge in [0.1, 0.15) is 5.82 Å². The molecule has 0 aliphatic heterocycles. The number of rotatable bonds is 9. The second-order valence-electron chi connectivity index (χ2n) is 10.3. The van der Waals surface area contributed by atoms with E-state index >= 15 is 0 Å². The molecule has 182 valence electrons. The van der Waals surface area contributed by atoms with Crippen LogP contribution in [0.2, 0.25) is 0 Å². The molecule has 0 bridgehead atoms. The van der Waals surface area contributed by atoms with Gasteiger partial charge in [-0.05, 0) is 78.9 Å². The third kappa shape index (κ3) is 5.84. The minimum absolute atomic E-state index is 0.273. The van der Waals surface area contributed by atoms with Gasteiger partial charge in [-0.25, -0.2) is 8.78 Å². The van der Waals surface area contributed by atoms with E-state index < -0.39 is 24.0 Å². The van der Waals surface area contributed by atoms with Gasteiger partial charge >= 0.3 is 6.61 Å². The summed E-state index contributed by atoms with van der Waals surface area (Å²) in [7, 11) is 0. The lowest BCUT2D eigenvalue weighted by Crippen LogP contribution is -2.30. The molecule has 1 nitrogen and oxygen atoms in total. The summed E-state index contributed by atoms with van der Waals surface area (Å²) in [5, 5.41) is 0.128. The van der Waals surface area contributed by atoms with Gasteiger partial charge in [0.05, 0.1) is 5.39 Å². The number of ether oxygens (including phenoxy) is 1. The highest BCUT2D eigenvalue weighted by Gasteiger charge is 2.36. The van der Waals surface area contributed by atoms with Crippen molar-refractivity contribution in [2.24, 2.45) is 17.8 Å². The molecule has 2 aliphatic rings. The zero-order valence-electron chi connectivity index (χ0n) is 19.6. The summed E-state index contributed by atoms with van der Waals surface area (Å²) in [6.07, 6.45) is 15.3. The first-order valence-electron chi connectivity index (χ1n) is 12.8. The van der Waals surface area contributed by atoms with Crippen LogP contribution in [0.1, 0.15) is 95.5 Å². The first-order chi connectivity index (χ1) is 16.0. The average Bonchev–Trinajstić information content (AvgIpc) is 2.80. The second kappa shape index (κ2) is 11.1. The standard InChI is InChI=1S/C28H36F4O/c1-2-3-4-5-6-7-18-8-9-20-15-21(11-10-19(20)14-18)23-16-22-12-13-25(33-28(31)32)27(30)26(22)24(29)17-23/h12-13,16-21,28H,2-11,14-15H2,1H3/t18-,19?,20-,21?/m1/s1. The molecular formula is C28H36F4O. The van der Waals surface area contributed by atoms with Gasteiger partial charge in [0.2, 0.25) is 0 Å². The Morgan fingerprint density at radius 2 is 1.67 bits per heavy atom. The van der Waals surface area contributed by atoms with Crippen molar-refractivity contribution in [3.05, 3.63) is 41.5 Å². The van der Waals surface area contributed by atoms with Gasteiger partial charge in [0.15, 0.2) is 11.6 Å². The lowest BCUT2D eigenvalue weighted by molar-refractivity contribution is -0.0520. The van der Waals surface area contributed by atoms with Crippen molar-refractivity contribution in [2.75, 3.05) is 0 Å². The quantitative estimate of drug-likeness (QED) is 0.265. The summed E-state index contributed by atoms with van der Waals surface area (Å²) >= 11 is 0. The van der Waals surface area contributed by atoms with Crippen LogP contribution < -0.4 is 4.74 Å². The van der Waals surface area contributed by atoms with Crippen molar-refractivity contribution in [3.8, 4) is 5.75 Å². The van der Waals surface area contributed by atoms with Crippen LogP contribution in [0.25, 0.3) is 10.8 Å². The third-order valence-corrected chi connectivity index (χ3v) is 8.12. The van der Waals surface area contributed by atoms with E-state index in [0.29, 0.717) is 11.3 Å². The SMILES string of the molecule is CCCCCCC[C@@H]1CC[C@@H]2CC(c3cc(F)c4c(F)c(OC(F)F)ccc4c3)CCC2C1. The number of hydrogen-bond acceptors (Lipinski definition) is 1. The molecule has 2 saturated carbocycles. The average molecular weight is 465 g/mol. The number of halogens is 4. The van der Waals surface area contributed by atoms with Crippen LogP contribution in [0.5, 0.6) is 5.75 Å². The lowest BCUT2D eigenvalue weighted by atomic mass is 9.63. The Labute approximate surface area is 194 Å². The largest absolute Gasteiger partial charge is 0.432 e. The van der Waals surface area contributed by atoms with Gasteiger partial charge in [0, 0.05) is 0 Å². The Balaban J connectivity index is 1.39. The molecule has 2 fully saturated rings. The highest BCUT2D eigenvalue weighted by molar-refractivity contribution is 5.86. The van der Waals surface area contributed by atoms with E-state index in [2.05, 4.69) is 11.7 Å². The first kappa shape index (κ1) is 24.3. The Hall–Kier alpha value is -1.78. The Bertz CT molecular complexity index is 928. The van der Waals surface area contributed by atoms with Crippen LogP contribution >= 0.6 is 0 Å². The summed E-state index contributed by atoms with van der Waals surface area (Å²) in [5.41, 5.74) is 0.901. The highest BCUT2D eigenvalue weighted by atomic mass is 19.3. The fourth-order valence-electron chi connectivity index (χ4n) is 6.39. The molecule has 0 heterocycles. The molecule has 33 heavy (non-hydrogen) atoms. The van der Waals surface area contributed by atoms with E-state index in [9.17, 15) is 17.6 Å². The maximum atomic E-state index is 14.9. The predicted molar refractivity (Wildman–Crippen MR) is 125 cm³/mol. The van der Waals surface area contributed by atoms with E-state index in [-0.39, 0.29) is 11.3 Å². The molecule has 0 amide bonds. The zero-order valence-corrected chi connectivity index (χ0v) is 19.6. The van der Waals surface area contributed by atoms with E-state index in [1.54, 1.807) is 0 Å². The second-order valence-corrected chi connectivity index (χ2v) is 10.3. The summed E-state index contributed by atoms with van der Waals surface area (Å²) in [4.78, 5) is 0. The number of benzene rings is 2. The lowest BCUT2D eigenvalue weighted by Gasteiger charge is -2.42. The molecule has 2 aromatic carbocycles. The molecule has 2 aromatic rings. The summed E-state index contributed by atoms with van der Waals surface area (Å²) in [5.74, 6) is 0.241. The minimum Gasteiger partial charge on any atom is -0.432 e. The van der Waals surface area contributed by atoms with Crippen molar-refractivity contribution >= 4 is 10.8 Å². The van der Waals surface area contributed by atoms with E-state index in [1.807, 2.05) is 6.07 Å². The molecule has 0 N–H and O–H groups in total. The van der Waals surface area contributed by atoms with Crippen LogP contribution in [-0.4, -0.2) is 6.61 Å². The van der Waals surface area contributed by atoms with Gasteiger partial charge in [0.25, 0.3) is 0 Å². The molecular weight excluding hydrogens is 428 g/mol. The molecule has 0 spiro atoms. The molecule has 2 unspecified atom stereocenters. The van der Waals surface area contributed by atoms with Crippen LogP contribution in [-0.2, 0) is 0 Å². The number of fused-ring (bicyclic) bond motifs is 2. The van der Waals surface area contributed by atoms with Crippen LogP contribution in [0.15, 0.2) is 24.3 Å². The molecule has 4 atom stereocenters. The maximum Gasteiger partial charge on any atom is 0.387 e. The summed E-state index contributed by atoms with van der Waals surface area (Å²) < 4.78 is 58.6. The topological polar surface area (TPSA) is 9.23 Å². The fraction of sp³-hybridized carbons (Fsp3) is 0.643. The molecule has 5 heteroatoms. The van der Waals surface area contributed by atoms with Crippen LogP contribution in [0, 0.1) is 29.4 Å². The van der Waals surface area contributed by atoms with E-state index in [0.717, 1.165) is 36.3 Å². The number of alkyl halides is 2. The molecule has 0 aromatic heterocycles. The Morgan fingerprint density at radius 3 is 2.45 bits per heavy atom. The fourth-order valence-corrected chi connectivity index (χ4v) is 6.39. The summed E-state index contributed by atoms with van der Waals surface area (Å²) in [6.45, 7) is -0.894. The van der Waals surface area contributed by atoms with Crippen molar-refractivity contribution in [2.45, 2.75) is 96.5 Å². The molecule has 4 rings (SSSR count). The van der Waals surface area contributed by atoms with Gasteiger partial charge in [-0.3, -0.25) is 0 Å². The van der Waals surface area contributed by atoms with Crippen LogP contribution in [0.4, 0.5) is 17.6 Å². The van der Waals surface area contributed by atoms with E-state index in [1.165, 1.54) is 76.3 Å². The normalized spacial score (nSPS) is 25.4. The monoisotopic (exact) mass is 464 g/mol. The summed E-state index contributed by atoms with van der Waals surface area (Å²) in [6, 6.07) is 5.87. The molecule has 0 radical (unpaired) electrons. The Kier molecular flexibility index (Phi) is 8.19.